The van der Waals surface area contributed by atoms with Crippen LogP contribution in [0.4, 0.5) is 5.69 Å². The van der Waals surface area contributed by atoms with Crippen LogP contribution >= 0.6 is 0 Å². The van der Waals surface area contributed by atoms with Gasteiger partial charge < -0.3 is 10.8 Å². The zero-order chi connectivity index (χ0) is 13.4. The molecule has 0 radical (unpaired) electrons. The number of rotatable bonds is 3. The second-order valence-corrected chi connectivity index (χ2v) is 5.58. The lowest BCUT2D eigenvalue weighted by Gasteiger charge is -2.50. The fraction of sp³-hybridized carbons (Fsp3) is 0.533. The quantitative estimate of drug-likeness (QED) is 0.805. The summed E-state index contributed by atoms with van der Waals surface area (Å²) in [6.07, 6.45) is 2.67. The van der Waals surface area contributed by atoms with Crippen LogP contribution in [0.1, 0.15) is 30.9 Å². The van der Waals surface area contributed by atoms with E-state index in [-0.39, 0.29) is 24.6 Å². The number of aliphatic hydroxyl groups is 1. The number of carbonyl (C=O) groups is 1. The number of fused-ring (bicyclic) bond motifs is 3. The molecule has 2 bridgehead atoms. The van der Waals surface area contributed by atoms with Gasteiger partial charge in [-0.25, -0.2) is 0 Å². The van der Waals surface area contributed by atoms with Crippen molar-refractivity contribution in [2.45, 2.75) is 31.3 Å². The molecule has 1 aliphatic carbocycles. The minimum Gasteiger partial charge on any atom is -0.399 e. The molecule has 3 aliphatic rings. The average Bonchev–Trinajstić information content (AvgIpc) is 2.40. The first kappa shape index (κ1) is 12.6. The lowest BCUT2D eigenvalue weighted by Crippen LogP contribution is -2.54. The Hall–Kier alpha value is -1.39. The van der Waals surface area contributed by atoms with Crippen LogP contribution in [0.2, 0.25) is 0 Å². The number of carbonyl (C=O) groups excluding carboxylic acids is 1. The summed E-state index contributed by atoms with van der Waals surface area (Å²) in [5.41, 5.74) is 7.70. The molecule has 4 nitrogen and oxygen atoms in total. The van der Waals surface area contributed by atoms with Gasteiger partial charge in [0.15, 0.2) is 0 Å². The van der Waals surface area contributed by atoms with Crippen molar-refractivity contribution in [3.05, 3.63) is 29.8 Å². The molecule has 3 N–H and O–H groups in total. The molecular formula is C15H20N2O2. The third-order valence-corrected chi connectivity index (χ3v) is 4.48. The number of hydrogen-bond acceptors (Lipinski definition) is 4. The lowest BCUT2D eigenvalue weighted by atomic mass is 9.71. The fourth-order valence-corrected chi connectivity index (χ4v) is 3.70. The van der Waals surface area contributed by atoms with E-state index in [4.69, 9.17) is 5.73 Å². The van der Waals surface area contributed by atoms with E-state index in [2.05, 4.69) is 4.90 Å². The summed E-state index contributed by atoms with van der Waals surface area (Å²) in [5, 5.41) is 9.28. The molecule has 4 heteroatoms. The first-order chi connectivity index (χ1) is 9.20. The second-order valence-electron chi connectivity index (χ2n) is 5.58. The predicted molar refractivity (Wildman–Crippen MR) is 73.5 cm³/mol. The number of aliphatic hydroxyl groups excluding tert-OH is 1. The predicted octanol–water partition coefficient (Wildman–Crippen LogP) is 1.36. The molecule has 2 saturated heterocycles. The number of benzene rings is 1. The Morgan fingerprint density at radius 2 is 2.21 bits per heavy atom. The number of Topliss-reactive ketones (excluding diaryl/α,β-unsaturated/α-hetero) is 1. The maximum Gasteiger partial charge on any atom is 0.139 e. The van der Waals surface area contributed by atoms with E-state index >= 15 is 0 Å². The lowest BCUT2D eigenvalue weighted by molar-refractivity contribution is -0.138. The molecule has 1 aromatic carbocycles. The molecule has 102 valence electrons. The van der Waals surface area contributed by atoms with E-state index in [9.17, 15) is 9.90 Å². The molecular weight excluding hydrogens is 240 g/mol. The van der Waals surface area contributed by atoms with E-state index in [0.29, 0.717) is 18.7 Å². The van der Waals surface area contributed by atoms with Crippen LogP contribution in [0.3, 0.4) is 0 Å². The first-order valence-electron chi connectivity index (χ1n) is 6.95. The van der Waals surface area contributed by atoms with Crippen LogP contribution in [0.15, 0.2) is 24.3 Å². The number of nitrogen functional groups attached to an aromatic ring is 1. The largest absolute Gasteiger partial charge is 0.399 e. The summed E-state index contributed by atoms with van der Waals surface area (Å²) in [6, 6.07) is 8.19. The Bertz CT molecular complexity index is 489. The number of ketones is 1. The number of hydrogen-bond donors (Lipinski definition) is 2. The van der Waals surface area contributed by atoms with Crippen molar-refractivity contribution < 1.29 is 9.90 Å². The average molecular weight is 260 g/mol. The third kappa shape index (κ3) is 2.15. The van der Waals surface area contributed by atoms with Gasteiger partial charge in [-0.2, -0.15) is 0 Å². The van der Waals surface area contributed by atoms with Crippen molar-refractivity contribution in [3.8, 4) is 0 Å². The normalized spacial score (nSPS) is 30.8. The van der Waals surface area contributed by atoms with Gasteiger partial charge in [0.05, 0.1) is 6.61 Å². The number of nitrogens with two attached hydrogens (primary N) is 1. The highest BCUT2D eigenvalue weighted by molar-refractivity contribution is 5.84. The molecule has 0 spiro atoms. The second kappa shape index (κ2) is 4.94. The summed E-state index contributed by atoms with van der Waals surface area (Å²) in [6.45, 7) is 0.768. The standard InChI is InChI=1S/C15H20N2O2/c16-11-3-1-2-10(8-11)15-13-5-4-12(9-14(13)19)17(15)6-7-18/h1-3,8,12-13,15,18H,4-7,9,16H2. The van der Waals surface area contributed by atoms with Crippen molar-refractivity contribution >= 4 is 11.5 Å². The Morgan fingerprint density at radius 1 is 1.37 bits per heavy atom. The molecule has 1 saturated carbocycles. The highest BCUT2D eigenvalue weighted by Gasteiger charge is 2.46. The number of nitrogens with zero attached hydrogens (tertiary/aromatic N) is 1. The van der Waals surface area contributed by atoms with Crippen molar-refractivity contribution in [2.24, 2.45) is 5.92 Å². The smallest absolute Gasteiger partial charge is 0.139 e. The SMILES string of the molecule is Nc1cccc(C2C3CCC(CC3=O)N2CCO)c1. The van der Waals surface area contributed by atoms with Crippen molar-refractivity contribution in [1.82, 2.24) is 4.90 Å². The molecule has 1 aromatic rings. The summed E-state index contributed by atoms with van der Waals surface area (Å²) in [7, 11) is 0. The monoisotopic (exact) mass is 260 g/mol. The van der Waals surface area contributed by atoms with Crippen LogP contribution in [0.25, 0.3) is 0 Å². The number of piperidine rings is 2. The van der Waals surface area contributed by atoms with Crippen molar-refractivity contribution in [2.75, 3.05) is 18.9 Å². The van der Waals surface area contributed by atoms with E-state index in [1.54, 1.807) is 0 Å². The summed E-state index contributed by atoms with van der Waals surface area (Å²) in [4.78, 5) is 14.4. The van der Waals surface area contributed by atoms with Gasteiger partial charge in [-0.15, -0.1) is 0 Å². The zero-order valence-corrected chi connectivity index (χ0v) is 11.0. The van der Waals surface area contributed by atoms with E-state index in [1.165, 1.54) is 0 Å². The Kier molecular flexibility index (Phi) is 3.29. The van der Waals surface area contributed by atoms with Crippen LogP contribution in [0, 0.1) is 5.92 Å². The van der Waals surface area contributed by atoms with Gasteiger partial charge >= 0.3 is 0 Å². The molecule has 0 amide bonds. The van der Waals surface area contributed by atoms with Gasteiger partial charge in [-0.3, -0.25) is 9.69 Å². The maximum absolute atomic E-state index is 12.2. The Balaban J connectivity index is 1.97. The molecule has 3 atom stereocenters. The van der Waals surface area contributed by atoms with Crippen molar-refractivity contribution in [3.63, 3.8) is 0 Å². The molecule has 0 aromatic heterocycles. The van der Waals surface area contributed by atoms with Crippen LogP contribution in [0.5, 0.6) is 0 Å². The summed E-state index contributed by atoms with van der Waals surface area (Å²) in [5.74, 6) is 0.441. The summed E-state index contributed by atoms with van der Waals surface area (Å²) < 4.78 is 0. The topological polar surface area (TPSA) is 66.6 Å². The highest BCUT2D eigenvalue weighted by atomic mass is 16.3. The van der Waals surface area contributed by atoms with Gasteiger partial charge in [-0.05, 0) is 30.5 Å². The van der Waals surface area contributed by atoms with Gasteiger partial charge in [-0.1, -0.05) is 12.1 Å². The number of anilines is 1. The van der Waals surface area contributed by atoms with E-state index < -0.39 is 0 Å². The molecule has 3 unspecified atom stereocenters. The van der Waals surface area contributed by atoms with Crippen LogP contribution in [-0.2, 0) is 4.79 Å². The van der Waals surface area contributed by atoms with E-state index in [1.807, 2.05) is 24.3 Å². The Labute approximate surface area is 113 Å². The van der Waals surface area contributed by atoms with Gasteiger partial charge in [0, 0.05) is 36.7 Å². The molecule has 2 aliphatic heterocycles. The van der Waals surface area contributed by atoms with Gasteiger partial charge in [0.1, 0.15) is 5.78 Å². The van der Waals surface area contributed by atoms with E-state index in [0.717, 1.165) is 24.1 Å². The van der Waals surface area contributed by atoms with Crippen molar-refractivity contribution in [1.29, 1.82) is 0 Å². The minimum atomic E-state index is 0.0679. The highest BCUT2D eigenvalue weighted by Crippen LogP contribution is 2.45. The Morgan fingerprint density at radius 3 is 2.89 bits per heavy atom. The summed E-state index contributed by atoms with van der Waals surface area (Å²) >= 11 is 0. The minimum absolute atomic E-state index is 0.0679. The van der Waals surface area contributed by atoms with Gasteiger partial charge in [0.2, 0.25) is 0 Å². The van der Waals surface area contributed by atoms with Crippen LogP contribution in [-0.4, -0.2) is 35.0 Å². The fourth-order valence-electron chi connectivity index (χ4n) is 3.70. The molecule has 4 rings (SSSR count). The molecule has 3 fully saturated rings. The molecule has 2 heterocycles. The third-order valence-electron chi connectivity index (χ3n) is 4.48. The molecule has 19 heavy (non-hydrogen) atoms. The zero-order valence-electron chi connectivity index (χ0n) is 11.0. The first-order valence-corrected chi connectivity index (χ1v) is 6.95. The van der Waals surface area contributed by atoms with Gasteiger partial charge in [0.25, 0.3) is 0 Å². The maximum atomic E-state index is 12.2. The van der Waals surface area contributed by atoms with Crippen LogP contribution < -0.4 is 5.73 Å².